The van der Waals surface area contributed by atoms with E-state index in [1.807, 2.05) is 84.0 Å². The Morgan fingerprint density at radius 3 is 2.11 bits per heavy atom. The number of carbonyl (C=O) groups excluding carboxylic acids is 3. The van der Waals surface area contributed by atoms with Crippen molar-refractivity contribution in [1.29, 1.82) is 0 Å². The SMILES string of the molecule is CCOC(=O)C(C(=O)C(C)(C)SCc1ccc(OC)cc1)c1cc(C)ccc1Cl.Cc1ccc(Cl)c(C2=C(O)C(C)(C)SC2=O)c1. The number of carbonyl (C=O) groups is 3. The van der Waals surface area contributed by atoms with Gasteiger partial charge in [0.2, 0.25) is 5.12 Å². The minimum atomic E-state index is -1.05. The molecular formula is C36H40Cl2O6S2. The third kappa shape index (κ3) is 9.12. The molecule has 246 valence electrons. The molecule has 0 amide bonds. The van der Waals surface area contributed by atoms with Gasteiger partial charge in [-0.1, -0.05) is 76.4 Å². The number of methoxy groups -OCH3 is 1. The van der Waals surface area contributed by atoms with Crippen LogP contribution in [0.25, 0.3) is 5.57 Å². The molecule has 3 aromatic rings. The Morgan fingerprint density at radius 2 is 1.57 bits per heavy atom. The van der Waals surface area contributed by atoms with Crippen LogP contribution in [0.1, 0.15) is 68.4 Å². The van der Waals surface area contributed by atoms with Gasteiger partial charge >= 0.3 is 5.97 Å². The van der Waals surface area contributed by atoms with Gasteiger partial charge in [0.15, 0.2) is 5.78 Å². The van der Waals surface area contributed by atoms with E-state index < -0.39 is 21.4 Å². The summed E-state index contributed by atoms with van der Waals surface area (Å²) in [6, 6.07) is 18.5. The highest BCUT2D eigenvalue weighted by Gasteiger charge is 2.42. The minimum absolute atomic E-state index is 0.111. The van der Waals surface area contributed by atoms with E-state index in [4.69, 9.17) is 32.7 Å². The lowest BCUT2D eigenvalue weighted by Crippen LogP contribution is -2.37. The van der Waals surface area contributed by atoms with Crippen LogP contribution in [-0.4, -0.2) is 45.2 Å². The third-order valence-corrected chi connectivity index (χ3v) is 10.5. The predicted octanol–water partition coefficient (Wildman–Crippen LogP) is 9.55. The first-order chi connectivity index (χ1) is 21.5. The topological polar surface area (TPSA) is 89.9 Å². The van der Waals surface area contributed by atoms with Gasteiger partial charge in [0.05, 0.1) is 28.8 Å². The lowest BCUT2D eigenvalue weighted by molar-refractivity contribution is -0.148. The zero-order chi connectivity index (χ0) is 34.4. The van der Waals surface area contributed by atoms with Crippen LogP contribution in [0.2, 0.25) is 10.0 Å². The van der Waals surface area contributed by atoms with Crippen LogP contribution in [0.3, 0.4) is 0 Å². The van der Waals surface area contributed by atoms with Gasteiger partial charge < -0.3 is 14.6 Å². The molecule has 0 fully saturated rings. The molecule has 0 bridgehead atoms. The lowest BCUT2D eigenvalue weighted by atomic mass is 9.87. The highest BCUT2D eigenvalue weighted by Crippen LogP contribution is 2.47. The lowest BCUT2D eigenvalue weighted by Gasteiger charge is -2.28. The van der Waals surface area contributed by atoms with Gasteiger partial charge in [-0.25, -0.2) is 0 Å². The Kier molecular flexibility index (Phi) is 12.9. The first kappa shape index (κ1) is 37.5. The number of halogens is 2. The fourth-order valence-corrected chi connectivity index (χ4v) is 7.08. The average molecular weight is 704 g/mol. The number of aliphatic hydroxyl groups is 1. The molecule has 1 atom stereocenters. The molecule has 1 unspecified atom stereocenters. The Bertz CT molecular complexity index is 1630. The van der Waals surface area contributed by atoms with E-state index in [1.165, 1.54) is 11.8 Å². The molecule has 10 heteroatoms. The summed E-state index contributed by atoms with van der Waals surface area (Å²) in [7, 11) is 1.62. The van der Waals surface area contributed by atoms with E-state index in [0.29, 0.717) is 32.5 Å². The van der Waals surface area contributed by atoms with Crippen molar-refractivity contribution in [1.82, 2.24) is 0 Å². The quantitative estimate of drug-likeness (QED) is 0.165. The highest BCUT2D eigenvalue weighted by atomic mass is 35.5. The first-order valence-electron chi connectivity index (χ1n) is 14.7. The van der Waals surface area contributed by atoms with Crippen molar-refractivity contribution in [2.24, 2.45) is 0 Å². The summed E-state index contributed by atoms with van der Waals surface area (Å²) in [6.45, 7) is 13.1. The number of aryl methyl sites for hydroxylation is 2. The number of hydrogen-bond donors (Lipinski definition) is 1. The molecule has 4 rings (SSSR count). The maximum absolute atomic E-state index is 13.5. The number of esters is 1. The Hall–Kier alpha value is -2.91. The second-order valence-electron chi connectivity index (χ2n) is 11.8. The van der Waals surface area contributed by atoms with E-state index in [-0.39, 0.29) is 23.3 Å². The Balaban J connectivity index is 0.000000286. The summed E-state index contributed by atoms with van der Waals surface area (Å²) < 4.78 is 9.01. The molecule has 3 aromatic carbocycles. The van der Waals surface area contributed by atoms with Crippen LogP contribution in [0.4, 0.5) is 0 Å². The molecule has 0 aromatic heterocycles. The van der Waals surface area contributed by atoms with Gasteiger partial charge in [0, 0.05) is 21.4 Å². The zero-order valence-electron chi connectivity index (χ0n) is 27.3. The summed E-state index contributed by atoms with van der Waals surface area (Å²) in [6.07, 6.45) is 0. The third-order valence-electron chi connectivity index (χ3n) is 7.35. The summed E-state index contributed by atoms with van der Waals surface area (Å²) >= 11 is 15.1. The van der Waals surface area contributed by atoms with Crippen molar-refractivity contribution < 1.29 is 29.0 Å². The maximum Gasteiger partial charge on any atom is 0.321 e. The summed E-state index contributed by atoms with van der Waals surface area (Å²) in [5.41, 5.74) is 4.45. The highest BCUT2D eigenvalue weighted by molar-refractivity contribution is 8.16. The molecule has 0 spiro atoms. The van der Waals surface area contributed by atoms with Crippen molar-refractivity contribution in [2.45, 2.75) is 69.6 Å². The number of ketones is 1. The standard InChI is InChI=1S/C23H27ClO4S.C13H13ClO2S/c1-6-28-22(26)20(18-13-15(2)7-12-19(18)24)21(25)23(3,4)29-14-16-8-10-17(27-5)11-9-16;1-7-4-5-9(14)8(6-7)10-11(15)13(2,3)17-12(10)16/h7-13,20H,6,14H2,1-5H3;4-6,15H,1-3H3. The van der Waals surface area contributed by atoms with Crippen LogP contribution in [-0.2, 0) is 24.9 Å². The number of benzene rings is 3. The molecule has 0 saturated heterocycles. The monoisotopic (exact) mass is 702 g/mol. The van der Waals surface area contributed by atoms with Gasteiger partial charge in [0.1, 0.15) is 17.4 Å². The second kappa shape index (κ2) is 15.8. The number of hydrogen-bond acceptors (Lipinski definition) is 8. The van der Waals surface area contributed by atoms with Gasteiger partial charge in [-0.15, -0.1) is 11.8 Å². The van der Waals surface area contributed by atoms with Gasteiger partial charge in [0.25, 0.3) is 0 Å². The summed E-state index contributed by atoms with van der Waals surface area (Å²) in [5.74, 6) is -0.323. The normalized spacial score (nSPS) is 14.8. The largest absolute Gasteiger partial charge is 0.510 e. The molecule has 1 N–H and O–H groups in total. The van der Waals surface area contributed by atoms with Gasteiger partial charge in [-0.2, -0.15) is 0 Å². The van der Waals surface area contributed by atoms with E-state index >= 15 is 0 Å². The molecule has 46 heavy (non-hydrogen) atoms. The number of aliphatic hydroxyl groups excluding tert-OH is 1. The molecule has 0 aliphatic carbocycles. The Labute approximate surface area is 290 Å². The van der Waals surface area contributed by atoms with Crippen LogP contribution in [0, 0.1) is 13.8 Å². The molecular weight excluding hydrogens is 663 g/mol. The van der Waals surface area contributed by atoms with Crippen LogP contribution in [0.15, 0.2) is 66.4 Å². The summed E-state index contributed by atoms with van der Waals surface area (Å²) in [4.78, 5) is 38.1. The zero-order valence-corrected chi connectivity index (χ0v) is 30.5. The molecule has 1 heterocycles. The van der Waals surface area contributed by atoms with Crippen molar-refractivity contribution in [3.05, 3.63) is 104 Å². The number of thioether (sulfide) groups is 2. The Morgan fingerprint density at radius 1 is 0.978 bits per heavy atom. The van der Waals surface area contributed by atoms with Gasteiger partial charge in [-0.05, 0) is 89.9 Å². The van der Waals surface area contributed by atoms with Gasteiger partial charge in [-0.3, -0.25) is 14.4 Å². The number of Topliss-reactive ketones (excluding diaryl/α,β-unsaturated/α-hetero) is 1. The average Bonchev–Trinajstić information content (AvgIpc) is 3.21. The van der Waals surface area contributed by atoms with E-state index in [2.05, 4.69) is 0 Å². The first-order valence-corrected chi connectivity index (χ1v) is 17.3. The van der Waals surface area contributed by atoms with E-state index in [1.54, 1.807) is 32.2 Å². The maximum atomic E-state index is 13.5. The van der Waals surface area contributed by atoms with Crippen LogP contribution < -0.4 is 4.74 Å². The molecule has 1 aliphatic rings. The molecule has 6 nitrogen and oxygen atoms in total. The minimum Gasteiger partial charge on any atom is -0.510 e. The fraction of sp³-hybridized carbons (Fsp3) is 0.361. The molecule has 0 radical (unpaired) electrons. The predicted molar refractivity (Wildman–Crippen MR) is 191 cm³/mol. The summed E-state index contributed by atoms with van der Waals surface area (Å²) in [5, 5.41) is 10.9. The van der Waals surface area contributed by atoms with Crippen LogP contribution >= 0.6 is 46.7 Å². The van der Waals surface area contributed by atoms with E-state index in [0.717, 1.165) is 34.2 Å². The molecule has 1 aliphatic heterocycles. The van der Waals surface area contributed by atoms with Crippen molar-refractivity contribution in [3.63, 3.8) is 0 Å². The smallest absolute Gasteiger partial charge is 0.321 e. The van der Waals surface area contributed by atoms with Crippen LogP contribution in [0.5, 0.6) is 5.75 Å². The van der Waals surface area contributed by atoms with Crippen molar-refractivity contribution >= 4 is 69.2 Å². The number of rotatable bonds is 10. The fourth-order valence-electron chi connectivity index (χ4n) is 4.69. The number of ether oxygens (including phenoxy) is 2. The van der Waals surface area contributed by atoms with Crippen molar-refractivity contribution in [3.8, 4) is 5.75 Å². The second-order valence-corrected chi connectivity index (χ2v) is 15.8. The van der Waals surface area contributed by atoms with Crippen molar-refractivity contribution in [2.75, 3.05) is 13.7 Å². The molecule has 0 saturated carbocycles. The van der Waals surface area contributed by atoms with E-state index in [9.17, 15) is 19.5 Å².